The highest BCUT2D eigenvalue weighted by Crippen LogP contribution is 2.34. The van der Waals surface area contributed by atoms with Gasteiger partial charge in [0.15, 0.2) is 16.6 Å². The Bertz CT molecular complexity index is 1070. The van der Waals surface area contributed by atoms with Crippen molar-refractivity contribution in [2.45, 2.75) is 33.4 Å². The van der Waals surface area contributed by atoms with Crippen molar-refractivity contribution < 1.29 is 14.0 Å². The number of aromatic nitrogens is 4. The summed E-state index contributed by atoms with van der Waals surface area (Å²) < 4.78 is 19.3. The normalized spacial score (nSPS) is 16.1. The Kier molecular flexibility index (Phi) is 4.54. The Morgan fingerprint density at radius 3 is 2.50 bits per heavy atom. The Morgan fingerprint density at radius 1 is 1.18 bits per heavy atom. The Balaban J connectivity index is 1.75. The van der Waals surface area contributed by atoms with Gasteiger partial charge in [-0.25, -0.2) is 14.4 Å². The van der Waals surface area contributed by atoms with Crippen LogP contribution in [0.2, 0.25) is 0 Å². The van der Waals surface area contributed by atoms with Gasteiger partial charge in [0.25, 0.3) is 5.91 Å². The van der Waals surface area contributed by atoms with Crippen molar-refractivity contribution in [3.8, 4) is 10.8 Å². The number of aryl methyl sites for hydroxylation is 1. The van der Waals surface area contributed by atoms with Crippen LogP contribution in [0.15, 0.2) is 24.3 Å². The molecule has 0 unspecified atom stereocenters. The van der Waals surface area contributed by atoms with Gasteiger partial charge in [-0.2, -0.15) is 4.37 Å². The molecule has 3 aromatic rings. The molecule has 0 fully saturated rings. The van der Waals surface area contributed by atoms with E-state index in [9.17, 15) is 14.0 Å². The van der Waals surface area contributed by atoms with E-state index < -0.39 is 5.82 Å². The maximum Gasteiger partial charge on any atom is 0.254 e. The number of nitrogens with zero attached hydrogens (tertiary/aromatic N) is 5. The van der Waals surface area contributed by atoms with Crippen LogP contribution in [0.5, 0.6) is 0 Å². The molecule has 1 aliphatic rings. The number of hydrogen-bond acceptors (Lipinski definition) is 6. The van der Waals surface area contributed by atoms with E-state index in [0.29, 0.717) is 46.7 Å². The van der Waals surface area contributed by atoms with Gasteiger partial charge in [-0.3, -0.25) is 9.59 Å². The SMILES string of the molecule is CC(=O)c1nc(-c2nc(C)ns2)n2c1[C@@H](C)N(C(=O)c1ccc(F)cc1)CC2. The van der Waals surface area contributed by atoms with E-state index in [2.05, 4.69) is 14.3 Å². The van der Waals surface area contributed by atoms with Crippen molar-refractivity contribution in [1.29, 1.82) is 0 Å². The molecule has 1 aliphatic heterocycles. The minimum Gasteiger partial charge on any atom is -0.329 e. The number of Topliss-reactive ketones (excluding diaryl/α,β-unsaturated/α-hetero) is 1. The highest BCUT2D eigenvalue weighted by atomic mass is 32.1. The van der Waals surface area contributed by atoms with Crippen LogP contribution in [-0.4, -0.2) is 42.0 Å². The van der Waals surface area contributed by atoms with Gasteiger partial charge in [-0.1, -0.05) is 0 Å². The van der Waals surface area contributed by atoms with Crippen LogP contribution in [0.3, 0.4) is 0 Å². The van der Waals surface area contributed by atoms with Gasteiger partial charge in [0.2, 0.25) is 0 Å². The van der Waals surface area contributed by atoms with Crippen LogP contribution >= 0.6 is 11.5 Å². The lowest BCUT2D eigenvalue weighted by Crippen LogP contribution is -2.41. The smallest absolute Gasteiger partial charge is 0.254 e. The van der Waals surface area contributed by atoms with Crippen molar-refractivity contribution in [3.05, 3.63) is 52.9 Å². The monoisotopic (exact) mass is 399 g/mol. The number of hydrogen-bond donors (Lipinski definition) is 0. The van der Waals surface area contributed by atoms with Gasteiger partial charge in [0, 0.05) is 25.6 Å². The Hall–Kier alpha value is -2.94. The van der Waals surface area contributed by atoms with Gasteiger partial charge in [-0.15, -0.1) is 0 Å². The predicted molar refractivity (Wildman–Crippen MR) is 102 cm³/mol. The van der Waals surface area contributed by atoms with Crippen LogP contribution in [0, 0.1) is 12.7 Å². The summed E-state index contributed by atoms with van der Waals surface area (Å²) in [5, 5.41) is 0.650. The fourth-order valence-corrected chi connectivity index (χ4v) is 4.18. The third kappa shape index (κ3) is 3.01. The van der Waals surface area contributed by atoms with Gasteiger partial charge in [-0.05, 0) is 49.6 Å². The molecule has 0 radical (unpaired) electrons. The molecule has 4 rings (SSSR count). The highest BCUT2D eigenvalue weighted by Gasteiger charge is 2.35. The Morgan fingerprint density at radius 2 is 1.89 bits per heavy atom. The molecule has 7 nitrogen and oxygen atoms in total. The van der Waals surface area contributed by atoms with Crippen molar-refractivity contribution in [2.75, 3.05) is 6.54 Å². The first-order chi connectivity index (χ1) is 13.4. The van der Waals surface area contributed by atoms with E-state index in [1.807, 2.05) is 11.5 Å². The van der Waals surface area contributed by atoms with Crippen LogP contribution < -0.4 is 0 Å². The summed E-state index contributed by atoms with van der Waals surface area (Å²) in [6.45, 7) is 6.07. The molecule has 144 valence electrons. The molecule has 0 bridgehead atoms. The average Bonchev–Trinajstić information content (AvgIpc) is 3.26. The number of benzene rings is 1. The number of imidazole rings is 1. The number of carbonyl (C=O) groups excluding carboxylic acids is 2. The van der Waals surface area contributed by atoms with E-state index in [4.69, 9.17) is 0 Å². The zero-order valence-electron chi connectivity index (χ0n) is 15.6. The quantitative estimate of drug-likeness (QED) is 0.632. The third-order valence-electron chi connectivity index (χ3n) is 4.84. The van der Waals surface area contributed by atoms with Crippen LogP contribution in [0.25, 0.3) is 10.8 Å². The summed E-state index contributed by atoms with van der Waals surface area (Å²) in [4.78, 5) is 35.8. The predicted octanol–water partition coefficient (Wildman–Crippen LogP) is 3.27. The summed E-state index contributed by atoms with van der Waals surface area (Å²) in [5.74, 6) is 0.490. The summed E-state index contributed by atoms with van der Waals surface area (Å²) >= 11 is 1.24. The standard InChI is InChI=1S/C19H18FN5O2S/c1-10-16-15(11(2)26)22-17(18-21-12(3)23-28-18)25(16)9-8-24(10)19(27)13-4-6-14(20)7-5-13/h4-7,10H,8-9H2,1-3H3/t10-/m1/s1. The first-order valence-electron chi connectivity index (χ1n) is 8.85. The summed E-state index contributed by atoms with van der Waals surface area (Å²) in [5.41, 5.74) is 1.44. The van der Waals surface area contributed by atoms with Crippen molar-refractivity contribution in [1.82, 2.24) is 23.8 Å². The largest absolute Gasteiger partial charge is 0.329 e. The number of rotatable bonds is 3. The van der Waals surface area contributed by atoms with Gasteiger partial charge in [0.1, 0.15) is 17.3 Å². The second-order valence-electron chi connectivity index (χ2n) is 6.71. The zero-order valence-corrected chi connectivity index (χ0v) is 16.5. The van der Waals surface area contributed by atoms with E-state index in [-0.39, 0.29) is 17.7 Å². The fourth-order valence-electron chi connectivity index (χ4n) is 3.51. The van der Waals surface area contributed by atoms with Crippen LogP contribution in [-0.2, 0) is 6.54 Å². The molecule has 1 atom stereocenters. The number of carbonyl (C=O) groups is 2. The molecule has 2 aromatic heterocycles. The fraction of sp³-hybridized carbons (Fsp3) is 0.316. The molecule has 0 saturated heterocycles. The topological polar surface area (TPSA) is 81.0 Å². The van der Waals surface area contributed by atoms with Crippen molar-refractivity contribution >= 4 is 23.2 Å². The number of ketones is 1. The van der Waals surface area contributed by atoms with Crippen LogP contribution in [0.1, 0.15) is 52.3 Å². The highest BCUT2D eigenvalue weighted by molar-refractivity contribution is 7.09. The molecular formula is C19H18FN5O2S. The molecule has 3 heterocycles. The van der Waals surface area contributed by atoms with Gasteiger partial charge >= 0.3 is 0 Å². The summed E-state index contributed by atoms with van der Waals surface area (Å²) in [6.07, 6.45) is 0. The first-order valence-corrected chi connectivity index (χ1v) is 9.62. The molecule has 1 amide bonds. The molecule has 1 aromatic carbocycles. The van der Waals surface area contributed by atoms with E-state index in [1.54, 1.807) is 11.8 Å². The summed E-state index contributed by atoms with van der Waals surface area (Å²) in [7, 11) is 0. The van der Waals surface area contributed by atoms with Crippen LogP contribution in [0.4, 0.5) is 4.39 Å². The minimum atomic E-state index is -0.392. The van der Waals surface area contributed by atoms with E-state index in [0.717, 1.165) is 0 Å². The molecule has 0 spiro atoms. The van der Waals surface area contributed by atoms with Crippen molar-refractivity contribution in [3.63, 3.8) is 0 Å². The third-order valence-corrected chi connectivity index (χ3v) is 5.64. The van der Waals surface area contributed by atoms with E-state index in [1.165, 1.54) is 42.7 Å². The lowest BCUT2D eigenvalue weighted by Gasteiger charge is -2.35. The molecule has 0 aliphatic carbocycles. The Labute approximate surface area is 165 Å². The maximum atomic E-state index is 13.2. The lowest BCUT2D eigenvalue weighted by atomic mass is 10.1. The number of halogens is 1. The summed E-state index contributed by atoms with van der Waals surface area (Å²) in [6, 6.07) is 5.11. The van der Waals surface area contributed by atoms with Gasteiger partial charge < -0.3 is 9.47 Å². The maximum absolute atomic E-state index is 13.2. The molecular weight excluding hydrogens is 381 g/mol. The first kappa shape index (κ1) is 18.4. The lowest BCUT2D eigenvalue weighted by molar-refractivity contribution is 0.0641. The zero-order chi connectivity index (χ0) is 20.0. The molecule has 9 heteroatoms. The average molecular weight is 399 g/mol. The minimum absolute atomic E-state index is 0.167. The molecule has 28 heavy (non-hydrogen) atoms. The molecule has 0 saturated carbocycles. The second-order valence-corrected chi connectivity index (χ2v) is 7.46. The number of amides is 1. The van der Waals surface area contributed by atoms with Crippen molar-refractivity contribution in [2.24, 2.45) is 0 Å². The van der Waals surface area contributed by atoms with Gasteiger partial charge in [0.05, 0.1) is 11.7 Å². The molecule has 0 N–H and O–H groups in total. The van der Waals surface area contributed by atoms with E-state index >= 15 is 0 Å². The number of fused-ring (bicyclic) bond motifs is 1. The second kappa shape index (κ2) is 6.90.